The van der Waals surface area contributed by atoms with E-state index >= 15 is 0 Å². The van der Waals surface area contributed by atoms with Crippen molar-refractivity contribution in [1.29, 1.82) is 0 Å². The molecule has 0 saturated carbocycles. The highest BCUT2D eigenvalue weighted by molar-refractivity contribution is 5.94. The molecule has 0 radical (unpaired) electrons. The topological polar surface area (TPSA) is 268 Å². The number of hydrogen-bond donors (Lipinski definition) is 8. The number of nitrogens with two attached hydrogens (primary N) is 2. The Morgan fingerprint density at radius 2 is 1.06 bits per heavy atom. The van der Waals surface area contributed by atoms with Crippen molar-refractivity contribution in [1.82, 2.24) is 16.0 Å². The standard InChI is InChI=1S/C17H27N5O10/c18-7-12(24)20-8(1-4-11(19)23)15(29)21-9(2-5-13(25)26)16(30)22-10(17(31)32)3-6-14(27)28/h8-10H,1-7,18H2,(H2,19,23)(H,20,24)(H,21,29)(H,22,30)(H,25,26)(H,27,28)(H,31,32). The maximum atomic E-state index is 12.6. The number of nitrogens with one attached hydrogen (secondary N) is 3. The molecule has 0 fully saturated rings. The van der Waals surface area contributed by atoms with Crippen molar-refractivity contribution in [2.24, 2.45) is 11.5 Å². The maximum absolute atomic E-state index is 12.6. The molecule has 3 unspecified atom stereocenters. The van der Waals surface area contributed by atoms with Crippen LogP contribution in [-0.2, 0) is 33.6 Å². The molecule has 0 aromatic rings. The summed E-state index contributed by atoms with van der Waals surface area (Å²) in [6.45, 7) is -0.479. The third-order valence-corrected chi connectivity index (χ3v) is 4.06. The first-order chi connectivity index (χ1) is 14.9. The highest BCUT2D eigenvalue weighted by atomic mass is 16.4. The van der Waals surface area contributed by atoms with Crippen molar-refractivity contribution in [3.05, 3.63) is 0 Å². The van der Waals surface area contributed by atoms with Crippen LogP contribution in [0, 0.1) is 0 Å². The molecule has 0 bridgehead atoms. The zero-order valence-corrected chi connectivity index (χ0v) is 17.0. The van der Waals surface area contributed by atoms with Gasteiger partial charge >= 0.3 is 17.9 Å². The zero-order chi connectivity index (χ0) is 24.8. The van der Waals surface area contributed by atoms with Gasteiger partial charge in [0.2, 0.25) is 23.6 Å². The zero-order valence-electron chi connectivity index (χ0n) is 17.0. The van der Waals surface area contributed by atoms with Crippen LogP contribution in [0.1, 0.15) is 38.5 Å². The lowest BCUT2D eigenvalue weighted by Gasteiger charge is -2.24. The van der Waals surface area contributed by atoms with Crippen LogP contribution < -0.4 is 27.4 Å². The molecule has 10 N–H and O–H groups in total. The van der Waals surface area contributed by atoms with Gasteiger partial charge in [0.15, 0.2) is 0 Å². The summed E-state index contributed by atoms with van der Waals surface area (Å²) < 4.78 is 0. The summed E-state index contributed by atoms with van der Waals surface area (Å²) in [4.78, 5) is 80.5. The minimum absolute atomic E-state index is 0.240. The van der Waals surface area contributed by atoms with E-state index in [1.165, 1.54) is 0 Å². The van der Waals surface area contributed by atoms with Gasteiger partial charge in [-0.25, -0.2) is 4.79 Å². The Balaban J connectivity index is 5.47. The van der Waals surface area contributed by atoms with Gasteiger partial charge < -0.3 is 42.7 Å². The number of aliphatic carboxylic acids is 3. The molecule has 0 aliphatic rings. The Hall–Kier alpha value is -3.75. The van der Waals surface area contributed by atoms with Gasteiger partial charge in [-0.3, -0.25) is 28.8 Å². The predicted molar refractivity (Wildman–Crippen MR) is 105 cm³/mol. The van der Waals surface area contributed by atoms with E-state index in [0.29, 0.717) is 0 Å². The Morgan fingerprint density at radius 3 is 1.47 bits per heavy atom. The quantitative estimate of drug-likeness (QED) is 0.112. The average molecular weight is 461 g/mol. The number of carbonyl (C=O) groups is 7. The first kappa shape index (κ1) is 28.2. The van der Waals surface area contributed by atoms with Crippen LogP contribution in [-0.4, -0.2) is 81.5 Å². The molecule has 0 rings (SSSR count). The van der Waals surface area contributed by atoms with Gasteiger partial charge in [0.1, 0.15) is 18.1 Å². The average Bonchev–Trinajstić information content (AvgIpc) is 2.69. The molecule has 3 atom stereocenters. The van der Waals surface area contributed by atoms with E-state index in [9.17, 15) is 33.6 Å². The van der Waals surface area contributed by atoms with Crippen LogP contribution in [0.2, 0.25) is 0 Å². The molecule has 0 aromatic carbocycles. The summed E-state index contributed by atoms with van der Waals surface area (Å²) in [6, 6.07) is -4.47. The van der Waals surface area contributed by atoms with Crippen LogP contribution in [0.3, 0.4) is 0 Å². The first-order valence-corrected chi connectivity index (χ1v) is 9.42. The fourth-order valence-electron chi connectivity index (χ4n) is 2.42. The van der Waals surface area contributed by atoms with Crippen LogP contribution in [0.4, 0.5) is 0 Å². The largest absolute Gasteiger partial charge is 0.481 e. The van der Waals surface area contributed by atoms with E-state index in [-0.39, 0.29) is 12.8 Å². The molecule has 15 heteroatoms. The van der Waals surface area contributed by atoms with Crippen LogP contribution >= 0.6 is 0 Å². The first-order valence-electron chi connectivity index (χ1n) is 9.42. The Labute approximate surface area is 181 Å². The number of carboxylic acids is 3. The molecule has 0 aromatic heterocycles. The molecular formula is C17H27N5O10. The number of hydrogen-bond acceptors (Lipinski definition) is 8. The number of amides is 4. The Kier molecular flexibility index (Phi) is 12.6. The van der Waals surface area contributed by atoms with Gasteiger partial charge in [0.05, 0.1) is 6.54 Å². The molecule has 32 heavy (non-hydrogen) atoms. The van der Waals surface area contributed by atoms with Crippen molar-refractivity contribution < 1.29 is 48.9 Å². The minimum Gasteiger partial charge on any atom is -0.481 e. The smallest absolute Gasteiger partial charge is 0.326 e. The SMILES string of the molecule is NCC(=O)NC(CCC(N)=O)C(=O)NC(CCC(=O)O)C(=O)NC(CCC(=O)O)C(=O)O. The van der Waals surface area contributed by atoms with Crippen molar-refractivity contribution in [2.45, 2.75) is 56.7 Å². The summed E-state index contributed by atoms with van der Waals surface area (Å²) >= 11 is 0. The van der Waals surface area contributed by atoms with Crippen LogP contribution in [0.15, 0.2) is 0 Å². The Bertz CT molecular complexity index is 741. The van der Waals surface area contributed by atoms with Gasteiger partial charge in [-0.2, -0.15) is 0 Å². The third kappa shape index (κ3) is 12.1. The normalized spacial score (nSPS) is 13.2. The summed E-state index contributed by atoms with van der Waals surface area (Å²) in [5.41, 5.74) is 10.2. The molecule has 4 amide bonds. The van der Waals surface area contributed by atoms with E-state index in [1.807, 2.05) is 0 Å². The molecule has 0 spiro atoms. The van der Waals surface area contributed by atoms with E-state index in [2.05, 4.69) is 16.0 Å². The molecule has 0 saturated heterocycles. The summed E-state index contributed by atoms with van der Waals surface area (Å²) in [7, 11) is 0. The van der Waals surface area contributed by atoms with Crippen molar-refractivity contribution in [3.63, 3.8) is 0 Å². The lowest BCUT2D eigenvalue weighted by Crippen LogP contribution is -2.56. The number of carboxylic acid groups (broad SMARTS) is 3. The molecule has 180 valence electrons. The third-order valence-electron chi connectivity index (χ3n) is 4.06. The van der Waals surface area contributed by atoms with Gasteiger partial charge in [0, 0.05) is 19.3 Å². The molecule has 0 aliphatic carbocycles. The second-order valence-corrected chi connectivity index (χ2v) is 6.65. The van der Waals surface area contributed by atoms with Crippen molar-refractivity contribution in [3.8, 4) is 0 Å². The molecule has 0 heterocycles. The van der Waals surface area contributed by atoms with E-state index < -0.39 is 91.9 Å². The molecule has 0 aliphatic heterocycles. The predicted octanol–water partition coefficient (Wildman–Crippen LogP) is -3.52. The van der Waals surface area contributed by atoms with Crippen molar-refractivity contribution in [2.75, 3.05) is 6.54 Å². The lowest BCUT2D eigenvalue weighted by atomic mass is 10.1. The van der Waals surface area contributed by atoms with E-state index in [1.54, 1.807) is 0 Å². The fourth-order valence-corrected chi connectivity index (χ4v) is 2.42. The second kappa shape index (κ2) is 14.3. The van der Waals surface area contributed by atoms with E-state index in [4.69, 9.17) is 26.8 Å². The number of primary amides is 1. The summed E-state index contributed by atoms with van der Waals surface area (Å²) in [5.74, 6) is -7.69. The monoisotopic (exact) mass is 461 g/mol. The Morgan fingerprint density at radius 1 is 0.656 bits per heavy atom. The summed E-state index contributed by atoms with van der Waals surface area (Å²) in [6.07, 6.45) is -2.58. The highest BCUT2D eigenvalue weighted by Gasteiger charge is 2.30. The molecular weight excluding hydrogens is 434 g/mol. The van der Waals surface area contributed by atoms with Crippen LogP contribution in [0.25, 0.3) is 0 Å². The van der Waals surface area contributed by atoms with E-state index in [0.717, 1.165) is 0 Å². The highest BCUT2D eigenvalue weighted by Crippen LogP contribution is 2.05. The lowest BCUT2D eigenvalue weighted by molar-refractivity contribution is -0.144. The number of carbonyl (C=O) groups excluding carboxylic acids is 4. The second-order valence-electron chi connectivity index (χ2n) is 6.65. The minimum atomic E-state index is -1.61. The van der Waals surface area contributed by atoms with Crippen LogP contribution in [0.5, 0.6) is 0 Å². The molecule has 15 nitrogen and oxygen atoms in total. The van der Waals surface area contributed by atoms with Gasteiger partial charge in [-0.05, 0) is 19.3 Å². The van der Waals surface area contributed by atoms with Gasteiger partial charge in [0.25, 0.3) is 0 Å². The number of rotatable bonds is 16. The maximum Gasteiger partial charge on any atom is 0.326 e. The summed E-state index contributed by atoms with van der Waals surface area (Å²) in [5, 5.41) is 33.2. The fraction of sp³-hybridized carbons (Fsp3) is 0.588. The van der Waals surface area contributed by atoms with Gasteiger partial charge in [-0.15, -0.1) is 0 Å². The van der Waals surface area contributed by atoms with Gasteiger partial charge in [-0.1, -0.05) is 0 Å². The van der Waals surface area contributed by atoms with Crippen molar-refractivity contribution >= 4 is 41.5 Å².